The number of aromatic nitrogens is 1. The quantitative estimate of drug-likeness (QED) is 0.469. The number of amides is 1. The number of ether oxygens (including phenoxy) is 2. The molecule has 3 aromatic rings. The zero-order valence-corrected chi connectivity index (χ0v) is 17.2. The third-order valence-electron chi connectivity index (χ3n) is 4.17. The molecule has 1 amide bonds. The molecule has 0 aliphatic carbocycles. The van der Waals surface area contributed by atoms with E-state index in [1.807, 2.05) is 18.2 Å². The molecule has 0 aliphatic heterocycles. The molecule has 27 heavy (non-hydrogen) atoms. The number of fused-ring (bicyclic) bond motifs is 1. The maximum atomic E-state index is 12.4. The van der Waals surface area contributed by atoms with Crippen molar-refractivity contribution in [2.24, 2.45) is 0 Å². The SMILES string of the molecule is COc1ccc(OC)c2[nH]c(=O)c(CCNC(=O)c3ccccc3)cc12.[I-]. The summed E-state index contributed by atoms with van der Waals surface area (Å²) < 4.78 is 10.7. The second-order valence-corrected chi connectivity index (χ2v) is 5.75. The van der Waals surface area contributed by atoms with Crippen LogP contribution in [-0.4, -0.2) is 31.7 Å². The number of nitrogens with one attached hydrogen (secondary N) is 2. The van der Waals surface area contributed by atoms with Crippen LogP contribution in [0.5, 0.6) is 11.5 Å². The van der Waals surface area contributed by atoms with Crippen LogP contribution in [0.2, 0.25) is 0 Å². The van der Waals surface area contributed by atoms with Crippen molar-refractivity contribution in [3.05, 3.63) is 70.0 Å². The second kappa shape index (κ2) is 9.40. The predicted octanol–water partition coefficient (Wildman–Crippen LogP) is -0.478. The number of hydrogen-bond donors (Lipinski definition) is 2. The first-order valence-electron chi connectivity index (χ1n) is 8.24. The Bertz CT molecular complexity index is 986. The standard InChI is InChI=1S/C20H20N2O4.HI/c1-25-16-8-9-17(26-2)18-15(16)12-14(20(24)22-18)10-11-21-19(23)13-6-4-3-5-7-13;/h3-9,12H,10-11H2,1-2H3,(H,21,23)(H,22,24);1H/p-1. The van der Waals surface area contributed by atoms with Gasteiger partial charge in [0.05, 0.1) is 19.7 Å². The van der Waals surface area contributed by atoms with Crippen LogP contribution in [0, 0.1) is 0 Å². The van der Waals surface area contributed by atoms with Gasteiger partial charge in [0.15, 0.2) is 0 Å². The van der Waals surface area contributed by atoms with Gasteiger partial charge in [-0.3, -0.25) is 9.59 Å². The van der Waals surface area contributed by atoms with Crippen LogP contribution in [0.3, 0.4) is 0 Å². The lowest BCUT2D eigenvalue weighted by molar-refractivity contribution is -0.0000143. The number of methoxy groups -OCH3 is 2. The van der Waals surface area contributed by atoms with E-state index < -0.39 is 0 Å². The van der Waals surface area contributed by atoms with Crippen LogP contribution in [0.15, 0.2) is 53.3 Å². The number of halogens is 1. The van der Waals surface area contributed by atoms with Crippen LogP contribution in [-0.2, 0) is 6.42 Å². The summed E-state index contributed by atoms with van der Waals surface area (Å²) in [5.41, 5.74) is 1.54. The van der Waals surface area contributed by atoms with Gasteiger partial charge in [0.25, 0.3) is 11.5 Å². The molecule has 0 radical (unpaired) electrons. The van der Waals surface area contributed by atoms with Gasteiger partial charge in [-0.25, -0.2) is 0 Å². The van der Waals surface area contributed by atoms with Crippen LogP contribution in [0.25, 0.3) is 10.9 Å². The first kappa shape index (κ1) is 20.8. The predicted molar refractivity (Wildman–Crippen MR) is 100 cm³/mol. The monoisotopic (exact) mass is 479 g/mol. The molecular formula is C20H20IN2O4-. The van der Waals surface area contributed by atoms with Crippen LogP contribution < -0.4 is 44.3 Å². The van der Waals surface area contributed by atoms with Crippen molar-refractivity contribution in [2.75, 3.05) is 20.8 Å². The highest BCUT2D eigenvalue weighted by molar-refractivity contribution is 5.94. The Kier molecular flexibility index (Phi) is 7.23. The highest BCUT2D eigenvalue weighted by Crippen LogP contribution is 2.31. The molecule has 0 spiro atoms. The smallest absolute Gasteiger partial charge is 0.251 e. The van der Waals surface area contributed by atoms with E-state index in [0.29, 0.717) is 41.1 Å². The fourth-order valence-corrected chi connectivity index (χ4v) is 2.82. The summed E-state index contributed by atoms with van der Waals surface area (Å²) in [6.45, 7) is 0.356. The van der Waals surface area contributed by atoms with Crippen molar-refractivity contribution in [2.45, 2.75) is 6.42 Å². The Morgan fingerprint density at radius 3 is 2.37 bits per heavy atom. The maximum absolute atomic E-state index is 12.4. The van der Waals surface area contributed by atoms with E-state index in [1.165, 1.54) is 0 Å². The molecule has 142 valence electrons. The number of carbonyl (C=O) groups excluding carboxylic acids is 1. The van der Waals surface area contributed by atoms with E-state index >= 15 is 0 Å². The molecule has 7 heteroatoms. The summed E-state index contributed by atoms with van der Waals surface area (Å²) in [5, 5.41) is 3.59. The zero-order valence-electron chi connectivity index (χ0n) is 15.0. The summed E-state index contributed by atoms with van der Waals surface area (Å²) in [4.78, 5) is 27.3. The van der Waals surface area contributed by atoms with Crippen LogP contribution in [0.4, 0.5) is 0 Å². The molecule has 2 N–H and O–H groups in total. The van der Waals surface area contributed by atoms with Gasteiger partial charge < -0.3 is 43.8 Å². The summed E-state index contributed by atoms with van der Waals surface area (Å²) >= 11 is 0. The van der Waals surface area contributed by atoms with Gasteiger partial charge in [0.1, 0.15) is 11.5 Å². The molecule has 6 nitrogen and oxygen atoms in total. The Morgan fingerprint density at radius 2 is 1.70 bits per heavy atom. The molecule has 0 unspecified atom stereocenters. The van der Waals surface area contributed by atoms with E-state index in [4.69, 9.17) is 9.47 Å². The number of hydrogen-bond acceptors (Lipinski definition) is 4. The minimum Gasteiger partial charge on any atom is -1.00 e. The largest absolute Gasteiger partial charge is 1.00 e. The lowest BCUT2D eigenvalue weighted by Crippen LogP contribution is -3.00. The first-order valence-corrected chi connectivity index (χ1v) is 8.24. The number of H-pyrrole nitrogens is 1. The van der Waals surface area contributed by atoms with Crippen molar-refractivity contribution in [3.8, 4) is 11.5 Å². The zero-order chi connectivity index (χ0) is 18.5. The van der Waals surface area contributed by atoms with E-state index in [2.05, 4.69) is 10.3 Å². The second-order valence-electron chi connectivity index (χ2n) is 5.75. The third-order valence-corrected chi connectivity index (χ3v) is 4.17. The molecule has 0 bridgehead atoms. The fraction of sp³-hybridized carbons (Fsp3) is 0.200. The molecule has 0 atom stereocenters. The summed E-state index contributed by atoms with van der Waals surface area (Å²) in [6, 6.07) is 14.3. The first-order chi connectivity index (χ1) is 12.6. The van der Waals surface area contributed by atoms with Gasteiger partial charge in [-0.2, -0.15) is 0 Å². The molecule has 2 aromatic carbocycles. The van der Waals surface area contributed by atoms with Crippen molar-refractivity contribution < 1.29 is 38.2 Å². The number of pyridine rings is 1. The van der Waals surface area contributed by atoms with Gasteiger partial charge in [-0.1, -0.05) is 18.2 Å². The van der Waals surface area contributed by atoms with Crippen LogP contribution >= 0.6 is 0 Å². The van der Waals surface area contributed by atoms with Gasteiger partial charge in [-0.15, -0.1) is 0 Å². The fourth-order valence-electron chi connectivity index (χ4n) is 2.82. The summed E-state index contributed by atoms with van der Waals surface area (Å²) in [7, 11) is 3.12. The molecule has 0 saturated heterocycles. The van der Waals surface area contributed by atoms with E-state index in [0.717, 1.165) is 5.39 Å². The number of aromatic amines is 1. The van der Waals surface area contributed by atoms with E-state index in [1.54, 1.807) is 44.6 Å². The molecule has 1 aromatic heterocycles. The lowest BCUT2D eigenvalue weighted by atomic mass is 10.1. The Morgan fingerprint density at radius 1 is 1.04 bits per heavy atom. The van der Waals surface area contributed by atoms with Gasteiger partial charge in [0.2, 0.25) is 0 Å². The molecule has 0 saturated carbocycles. The third kappa shape index (κ3) is 4.60. The van der Waals surface area contributed by atoms with Crippen molar-refractivity contribution in [3.63, 3.8) is 0 Å². The Balaban J connectivity index is 0.00000261. The number of carbonyl (C=O) groups is 1. The van der Waals surface area contributed by atoms with E-state index in [-0.39, 0.29) is 35.4 Å². The number of benzene rings is 2. The maximum Gasteiger partial charge on any atom is 0.251 e. The van der Waals surface area contributed by atoms with Crippen molar-refractivity contribution in [1.82, 2.24) is 10.3 Å². The summed E-state index contributed by atoms with van der Waals surface area (Å²) in [5.74, 6) is 1.05. The van der Waals surface area contributed by atoms with Gasteiger partial charge in [-0.05, 0) is 36.8 Å². The highest BCUT2D eigenvalue weighted by atomic mass is 127. The Hall–Kier alpha value is -2.55. The Labute approximate surface area is 173 Å². The van der Waals surface area contributed by atoms with Gasteiger partial charge in [0, 0.05) is 23.1 Å². The summed E-state index contributed by atoms with van der Waals surface area (Å²) in [6.07, 6.45) is 0.407. The highest BCUT2D eigenvalue weighted by Gasteiger charge is 2.12. The molecule has 0 fully saturated rings. The average molecular weight is 479 g/mol. The normalized spacial score (nSPS) is 10.1. The molecule has 0 aliphatic rings. The van der Waals surface area contributed by atoms with Gasteiger partial charge >= 0.3 is 0 Å². The minimum absolute atomic E-state index is 0. The average Bonchev–Trinajstić information content (AvgIpc) is 2.68. The molecule has 1 heterocycles. The van der Waals surface area contributed by atoms with Crippen molar-refractivity contribution in [1.29, 1.82) is 0 Å². The molecular weight excluding hydrogens is 459 g/mol. The van der Waals surface area contributed by atoms with Crippen LogP contribution in [0.1, 0.15) is 15.9 Å². The van der Waals surface area contributed by atoms with E-state index in [9.17, 15) is 9.59 Å². The minimum atomic E-state index is -0.210. The molecule has 3 rings (SSSR count). The number of rotatable bonds is 6. The lowest BCUT2D eigenvalue weighted by Gasteiger charge is -2.11. The topological polar surface area (TPSA) is 80.4 Å². The van der Waals surface area contributed by atoms with Crippen molar-refractivity contribution >= 4 is 16.8 Å².